The van der Waals surface area contributed by atoms with Crippen molar-refractivity contribution in [1.29, 1.82) is 0 Å². The van der Waals surface area contributed by atoms with Gasteiger partial charge in [-0.2, -0.15) is 0 Å². The van der Waals surface area contributed by atoms with Gasteiger partial charge in [0.2, 0.25) is 11.8 Å². The van der Waals surface area contributed by atoms with Crippen LogP contribution in [0.15, 0.2) is 18.2 Å². The SMILES string of the molecule is CNC(=O)CN(C)C(=O)CN1CCN(c2cccc(C)c2C)CC1. The summed E-state index contributed by atoms with van der Waals surface area (Å²) in [5.41, 5.74) is 3.92. The molecule has 0 bridgehead atoms. The Balaban J connectivity index is 1.85. The minimum absolute atomic E-state index is 0.0150. The molecule has 1 N–H and O–H groups in total. The number of carbonyl (C=O) groups is 2. The summed E-state index contributed by atoms with van der Waals surface area (Å²) in [5, 5.41) is 2.54. The average molecular weight is 332 g/mol. The van der Waals surface area contributed by atoms with Crippen LogP contribution in [0.5, 0.6) is 0 Å². The molecule has 0 saturated carbocycles. The number of aryl methyl sites for hydroxylation is 1. The molecular weight excluding hydrogens is 304 g/mol. The monoisotopic (exact) mass is 332 g/mol. The molecule has 1 aliphatic rings. The Hall–Kier alpha value is -2.08. The topological polar surface area (TPSA) is 55.9 Å². The van der Waals surface area contributed by atoms with Gasteiger partial charge in [-0.1, -0.05) is 12.1 Å². The fraction of sp³-hybridized carbons (Fsp3) is 0.556. The van der Waals surface area contributed by atoms with E-state index in [1.807, 2.05) is 0 Å². The van der Waals surface area contributed by atoms with E-state index in [2.05, 4.69) is 47.2 Å². The molecule has 0 aromatic heterocycles. The number of hydrogen-bond donors (Lipinski definition) is 1. The molecule has 132 valence electrons. The van der Waals surface area contributed by atoms with Gasteiger partial charge < -0.3 is 15.1 Å². The first-order valence-electron chi connectivity index (χ1n) is 8.40. The minimum Gasteiger partial charge on any atom is -0.369 e. The molecule has 6 heteroatoms. The van der Waals surface area contributed by atoms with E-state index in [-0.39, 0.29) is 18.4 Å². The van der Waals surface area contributed by atoms with Gasteiger partial charge in [-0.15, -0.1) is 0 Å². The van der Waals surface area contributed by atoms with E-state index in [0.29, 0.717) is 6.54 Å². The van der Waals surface area contributed by atoms with Crippen molar-refractivity contribution >= 4 is 17.5 Å². The highest BCUT2D eigenvalue weighted by atomic mass is 16.2. The molecule has 1 saturated heterocycles. The first-order chi connectivity index (χ1) is 11.4. The molecule has 1 aliphatic heterocycles. The lowest BCUT2D eigenvalue weighted by Gasteiger charge is -2.37. The van der Waals surface area contributed by atoms with Crippen molar-refractivity contribution < 1.29 is 9.59 Å². The fourth-order valence-electron chi connectivity index (χ4n) is 2.92. The van der Waals surface area contributed by atoms with Crippen LogP contribution in [0.4, 0.5) is 5.69 Å². The number of carbonyl (C=O) groups excluding carboxylic acids is 2. The molecule has 2 amide bonds. The molecule has 1 aromatic rings. The van der Waals surface area contributed by atoms with E-state index in [1.165, 1.54) is 21.7 Å². The van der Waals surface area contributed by atoms with Crippen LogP contribution >= 0.6 is 0 Å². The molecule has 1 heterocycles. The zero-order valence-corrected chi connectivity index (χ0v) is 15.1. The number of piperazine rings is 1. The lowest BCUT2D eigenvalue weighted by atomic mass is 10.1. The van der Waals surface area contributed by atoms with E-state index in [4.69, 9.17) is 0 Å². The molecule has 0 radical (unpaired) electrons. The van der Waals surface area contributed by atoms with Crippen LogP contribution in [-0.2, 0) is 9.59 Å². The second kappa shape index (κ2) is 8.15. The van der Waals surface area contributed by atoms with Crippen LogP contribution in [0.1, 0.15) is 11.1 Å². The van der Waals surface area contributed by atoms with Gasteiger partial charge in [0.05, 0.1) is 13.1 Å². The van der Waals surface area contributed by atoms with Crippen molar-refractivity contribution in [1.82, 2.24) is 15.1 Å². The number of likely N-dealkylation sites (N-methyl/N-ethyl adjacent to an activating group) is 2. The van der Waals surface area contributed by atoms with Gasteiger partial charge in [-0.05, 0) is 31.0 Å². The lowest BCUT2D eigenvalue weighted by Crippen LogP contribution is -2.50. The van der Waals surface area contributed by atoms with Crippen LogP contribution in [0.25, 0.3) is 0 Å². The molecule has 24 heavy (non-hydrogen) atoms. The Morgan fingerprint density at radius 1 is 1.17 bits per heavy atom. The van der Waals surface area contributed by atoms with E-state index >= 15 is 0 Å². The second-order valence-electron chi connectivity index (χ2n) is 6.41. The van der Waals surface area contributed by atoms with Gasteiger partial charge in [0.25, 0.3) is 0 Å². The molecule has 2 rings (SSSR count). The molecule has 1 fully saturated rings. The number of rotatable bonds is 5. The number of anilines is 1. The van der Waals surface area contributed by atoms with Gasteiger partial charge in [0.1, 0.15) is 0 Å². The number of nitrogens with zero attached hydrogens (tertiary/aromatic N) is 3. The molecule has 0 aliphatic carbocycles. The third-order valence-corrected chi connectivity index (χ3v) is 4.73. The van der Waals surface area contributed by atoms with Crippen molar-refractivity contribution in [2.45, 2.75) is 13.8 Å². The maximum absolute atomic E-state index is 12.2. The van der Waals surface area contributed by atoms with Gasteiger partial charge >= 0.3 is 0 Å². The lowest BCUT2D eigenvalue weighted by molar-refractivity contribution is -0.135. The summed E-state index contributed by atoms with van der Waals surface area (Å²) in [5.74, 6) is -0.163. The Bertz CT molecular complexity index is 595. The van der Waals surface area contributed by atoms with E-state index in [9.17, 15) is 9.59 Å². The third-order valence-electron chi connectivity index (χ3n) is 4.73. The smallest absolute Gasteiger partial charge is 0.239 e. The Morgan fingerprint density at radius 2 is 1.83 bits per heavy atom. The molecule has 6 nitrogen and oxygen atoms in total. The summed E-state index contributed by atoms with van der Waals surface area (Å²) in [4.78, 5) is 29.6. The Labute approximate surface area is 144 Å². The fourth-order valence-corrected chi connectivity index (χ4v) is 2.92. The summed E-state index contributed by atoms with van der Waals surface area (Å²) in [6, 6.07) is 6.40. The number of amides is 2. The highest BCUT2D eigenvalue weighted by molar-refractivity contribution is 5.85. The van der Waals surface area contributed by atoms with Crippen LogP contribution in [-0.4, -0.2) is 75.0 Å². The zero-order valence-electron chi connectivity index (χ0n) is 15.1. The zero-order chi connectivity index (χ0) is 17.7. The summed E-state index contributed by atoms with van der Waals surface area (Å²) < 4.78 is 0. The summed E-state index contributed by atoms with van der Waals surface area (Å²) >= 11 is 0. The standard InChI is InChI=1S/C18H28N4O2/c1-14-6-5-7-16(15(14)2)22-10-8-21(9-11-22)13-18(24)20(4)12-17(23)19-3/h5-7H,8-13H2,1-4H3,(H,19,23). The molecule has 0 spiro atoms. The van der Waals surface area contributed by atoms with Crippen molar-refractivity contribution in [2.24, 2.45) is 0 Å². The predicted octanol–water partition coefficient (Wildman–Crippen LogP) is 0.630. The Kier molecular flexibility index (Phi) is 6.20. The molecule has 0 atom stereocenters. The normalized spacial score (nSPS) is 15.2. The predicted molar refractivity (Wildman–Crippen MR) is 96.3 cm³/mol. The largest absolute Gasteiger partial charge is 0.369 e. The van der Waals surface area contributed by atoms with E-state index < -0.39 is 0 Å². The summed E-state index contributed by atoms with van der Waals surface area (Å²) in [7, 11) is 3.25. The highest BCUT2D eigenvalue weighted by Crippen LogP contribution is 2.23. The van der Waals surface area contributed by atoms with Crippen LogP contribution < -0.4 is 10.2 Å². The number of benzene rings is 1. The van der Waals surface area contributed by atoms with E-state index in [1.54, 1.807) is 14.1 Å². The average Bonchev–Trinajstić information content (AvgIpc) is 2.58. The van der Waals surface area contributed by atoms with Gasteiger partial charge in [-0.3, -0.25) is 14.5 Å². The minimum atomic E-state index is -0.148. The maximum Gasteiger partial charge on any atom is 0.239 e. The van der Waals surface area contributed by atoms with Crippen LogP contribution in [0, 0.1) is 13.8 Å². The number of nitrogens with one attached hydrogen (secondary N) is 1. The van der Waals surface area contributed by atoms with Crippen molar-refractivity contribution in [2.75, 3.05) is 58.3 Å². The van der Waals surface area contributed by atoms with Gasteiger partial charge in [-0.25, -0.2) is 0 Å². The first-order valence-corrected chi connectivity index (χ1v) is 8.40. The summed E-state index contributed by atoms with van der Waals surface area (Å²) in [6.45, 7) is 8.31. The highest BCUT2D eigenvalue weighted by Gasteiger charge is 2.22. The molecule has 1 aromatic carbocycles. The van der Waals surface area contributed by atoms with Gasteiger partial charge in [0.15, 0.2) is 0 Å². The maximum atomic E-state index is 12.2. The third kappa shape index (κ3) is 4.47. The summed E-state index contributed by atoms with van der Waals surface area (Å²) in [6.07, 6.45) is 0. The van der Waals surface area contributed by atoms with Crippen molar-refractivity contribution in [3.05, 3.63) is 29.3 Å². The van der Waals surface area contributed by atoms with E-state index in [0.717, 1.165) is 26.2 Å². The van der Waals surface area contributed by atoms with Crippen molar-refractivity contribution in [3.8, 4) is 0 Å². The molecule has 0 unspecified atom stereocenters. The number of hydrogen-bond acceptors (Lipinski definition) is 4. The second-order valence-corrected chi connectivity index (χ2v) is 6.41. The van der Waals surface area contributed by atoms with Gasteiger partial charge in [0, 0.05) is 46.0 Å². The van der Waals surface area contributed by atoms with Crippen LogP contribution in [0.2, 0.25) is 0 Å². The van der Waals surface area contributed by atoms with Crippen molar-refractivity contribution in [3.63, 3.8) is 0 Å². The quantitative estimate of drug-likeness (QED) is 0.859. The Morgan fingerprint density at radius 3 is 2.46 bits per heavy atom. The molecular formula is C18H28N4O2. The van der Waals surface area contributed by atoms with Crippen LogP contribution in [0.3, 0.4) is 0 Å². The first kappa shape index (κ1) is 18.3.